The third kappa shape index (κ3) is 1.69. The summed E-state index contributed by atoms with van der Waals surface area (Å²) in [5.41, 5.74) is 6.36. The number of benzene rings is 2. The Labute approximate surface area is 87.1 Å². The van der Waals surface area contributed by atoms with Gasteiger partial charge in [-0.25, -0.2) is 0 Å². The summed E-state index contributed by atoms with van der Waals surface area (Å²) in [6.45, 7) is -0.0956. The van der Waals surface area contributed by atoms with Gasteiger partial charge in [0.25, 0.3) is 0 Å². The van der Waals surface area contributed by atoms with Crippen molar-refractivity contribution >= 4 is 16.7 Å². The van der Waals surface area contributed by atoms with E-state index in [0.29, 0.717) is 5.56 Å². The number of carbonyl (C=O) groups excluding carboxylic acids is 1. The minimum Gasteiger partial charge on any atom is -0.392 e. The van der Waals surface area contributed by atoms with Crippen LogP contribution in [-0.2, 0) is 6.61 Å². The molecule has 3 heteroatoms. The molecule has 0 heterocycles. The first kappa shape index (κ1) is 9.68. The van der Waals surface area contributed by atoms with Gasteiger partial charge in [-0.05, 0) is 28.5 Å². The molecule has 0 aliphatic heterocycles. The van der Waals surface area contributed by atoms with E-state index in [4.69, 9.17) is 5.73 Å². The van der Waals surface area contributed by atoms with Crippen molar-refractivity contribution in [3.8, 4) is 0 Å². The Bertz CT molecular complexity index is 520. The fraction of sp³-hybridized carbons (Fsp3) is 0.0833. The fourth-order valence-electron chi connectivity index (χ4n) is 1.66. The van der Waals surface area contributed by atoms with Crippen LogP contribution in [0.15, 0.2) is 36.4 Å². The molecule has 1 amide bonds. The van der Waals surface area contributed by atoms with Crippen LogP contribution in [0.3, 0.4) is 0 Å². The van der Waals surface area contributed by atoms with Gasteiger partial charge in [-0.3, -0.25) is 4.79 Å². The Morgan fingerprint density at radius 1 is 1.27 bits per heavy atom. The van der Waals surface area contributed by atoms with Crippen molar-refractivity contribution in [2.45, 2.75) is 6.61 Å². The van der Waals surface area contributed by atoms with Crippen molar-refractivity contribution in [1.29, 1.82) is 0 Å². The van der Waals surface area contributed by atoms with Gasteiger partial charge in [0.2, 0.25) is 5.91 Å². The van der Waals surface area contributed by atoms with Gasteiger partial charge < -0.3 is 10.8 Å². The molecule has 0 saturated heterocycles. The van der Waals surface area contributed by atoms with Crippen molar-refractivity contribution in [3.63, 3.8) is 0 Å². The van der Waals surface area contributed by atoms with Gasteiger partial charge in [0, 0.05) is 5.56 Å². The Kier molecular flexibility index (Phi) is 2.39. The number of aliphatic hydroxyl groups is 1. The van der Waals surface area contributed by atoms with Crippen LogP contribution >= 0.6 is 0 Å². The van der Waals surface area contributed by atoms with Crippen LogP contribution in [0.2, 0.25) is 0 Å². The smallest absolute Gasteiger partial charge is 0.248 e. The van der Waals surface area contributed by atoms with E-state index in [2.05, 4.69) is 0 Å². The van der Waals surface area contributed by atoms with Crippen LogP contribution < -0.4 is 5.73 Å². The standard InChI is InChI=1S/C12H11NO2/c13-12(15)9-5-8-3-1-2-4-11(8)10(6-9)7-14/h1-6,14H,7H2,(H2,13,15). The summed E-state index contributed by atoms with van der Waals surface area (Å²) < 4.78 is 0. The molecule has 0 aromatic heterocycles. The molecule has 0 radical (unpaired) electrons. The number of primary amides is 1. The van der Waals surface area contributed by atoms with E-state index in [1.54, 1.807) is 12.1 Å². The van der Waals surface area contributed by atoms with Crippen LogP contribution in [0.5, 0.6) is 0 Å². The predicted molar refractivity (Wildman–Crippen MR) is 58.4 cm³/mol. The van der Waals surface area contributed by atoms with Crippen LogP contribution in [0.1, 0.15) is 15.9 Å². The summed E-state index contributed by atoms with van der Waals surface area (Å²) in [6, 6.07) is 10.9. The second-order valence-electron chi connectivity index (χ2n) is 3.38. The molecular formula is C12H11NO2. The van der Waals surface area contributed by atoms with Gasteiger partial charge in [0.1, 0.15) is 0 Å². The highest BCUT2D eigenvalue weighted by Crippen LogP contribution is 2.20. The van der Waals surface area contributed by atoms with Crippen LogP contribution in [0.4, 0.5) is 0 Å². The topological polar surface area (TPSA) is 63.3 Å². The SMILES string of the molecule is NC(=O)c1cc(CO)c2ccccc2c1. The summed E-state index contributed by atoms with van der Waals surface area (Å²) in [7, 11) is 0. The number of fused-ring (bicyclic) bond motifs is 1. The molecule has 0 aliphatic carbocycles. The van der Waals surface area contributed by atoms with Gasteiger partial charge in [0.15, 0.2) is 0 Å². The summed E-state index contributed by atoms with van der Waals surface area (Å²) in [4.78, 5) is 11.1. The summed E-state index contributed by atoms with van der Waals surface area (Å²) >= 11 is 0. The largest absolute Gasteiger partial charge is 0.392 e. The second-order valence-corrected chi connectivity index (χ2v) is 3.38. The zero-order valence-corrected chi connectivity index (χ0v) is 8.10. The van der Waals surface area contributed by atoms with E-state index >= 15 is 0 Å². The number of aliphatic hydroxyl groups excluding tert-OH is 1. The second kappa shape index (κ2) is 3.71. The molecule has 3 nitrogen and oxygen atoms in total. The lowest BCUT2D eigenvalue weighted by atomic mass is 10.0. The number of nitrogens with two attached hydrogens (primary N) is 1. The lowest BCUT2D eigenvalue weighted by molar-refractivity contribution is 0.100. The first-order chi connectivity index (χ1) is 7.22. The van der Waals surface area contributed by atoms with Gasteiger partial charge in [-0.2, -0.15) is 0 Å². The molecule has 0 saturated carbocycles. The van der Waals surface area contributed by atoms with Crippen LogP contribution in [-0.4, -0.2) is 11.0 Å². The first-order valence-electron chi connectivity index (χ1n) is 4.64. The zero-order valence-electron chi connectivity index (χ0n) is 8.10. The molecule has 0 aliphatic rings. The predicted octanol–water partition coefficient (Wildman–Crippen LogP) is 1.43. The lowest BCUT2D eigenvalue weighted by Gasteiger charge is -2.05. The molecule has 3 N–H and O–H groups in total. The van der Waals surface area contributed by atoms with Crippen molar-refractivity contribution in [2.24, 2.45) is 5.73 Å². The minimum absolute atomic E-state index is 0.0956. The molecule has 0 spiro atoms. The fourth-order valence-corrected chi connectivity index (χ4v) is 1.66. The van der Waals surface area contributed by atoms with E-state index in [1.165, 1.54) is 0 Å². The average molecular weight is 201 g/mol. The number of carbonyl (C=O) groups is 1. The maximum absolute atomic E-state index is 11.1. The van der Waals surface area contributed by atoms with E-state index in [1.807, 2.05) is 24.3 Å². The van der Waals surface area contributed by atoms with Crippen molar-refractivity contribution in [3.05, 3.63) is 47.5 Å². The molecule has 2 aromatic rings. The van der Waals surface area contributed by atoms with Crippen LogP contribution in [0, 0.1) is 0 Å². The van der Waals surface area contributed by atoms with E-state index in [0.717, 1.165) is 16.3 Å². The highest BCUT2D eigenvalue weighted by molar-refractivity contribution is 5.98. The molecule has 0 unspecified atom stereocenters. The molecule has 15 heavy (non-hydrogen) atoms. The Morgan fingerprint density at radius 3 is 2.67 bits per heavy atom. The monoisotopic (exact) mass is 201 g/mol. The maximum Gasteiger partial charge on any atom is 0.248 e. The molecule has 76 valence electrons. The van der Waals surface area contributed by atoms with E-state index in [-0.39, 0.29) is 6.61 Å². The Balaban J connectivity index is 2.77. The molecule has 0 bridgehead atoms. The van der Waals surface area contributed by atoms with Crippen LogP contribution in [0.25, 0.3) is 10.8 Å². The van der Waals surface area contributed by atoms with Gasteiger partial charge in [-0.15, -0.1) is 0 Å². The molecular weight excluding hydrogens is 190 g/mol. The molecule has 2 rings (SSSR count). The normalized spacial score (nSPS) is 10.5. The quantitative estimate of drug-likeness (QED) is 0.772. The summed E-state index contributed by atoms with van der Waals surface area (Å²) in [5, 5.41) is 11.1. The third-order valence-electron chi connectivity index (χ3n) is 2.40. The van der Waals surface area contributed by atoms with Crippen molar-refractivity contribution in [2.75, 3.05) is 0 Å². The number of hydrogen-bond donors (Lipinski definition) is 2. The van der Waals surface area contributed by atoms with Gasteiger partial charge >= 0.3 is 0 Å². The Morgan fingerprint density at radius 2 is 2.00 bits per heavy atom. The summed E-state index contributed by atoms with van der Waals surface area (Å²) in [6.07, 6.45) is 0. The molecule has 0 atom stereocenters. The zero-order chi connectivity index (χ0) is 10.8. The van der Waals surface area contributed by atoms with Crippen molar-refractivity contribution in [1.82, 2.24) is 0 Å². The lowest BCUT2D eigenvalue weighted by Crippen LogP contribution is -2.11. The third-order valence-corrected chi connectivity index (χ3v) is 2.40. The minimum atomic E-state index is -0.476. The molecule has 0 fully saturated rings. The average Bonchev–Trinajstić information content (AvgIpc) is 2.27. The Hall–Kier alpha value is -1.87. The van der Waals surface area contributed by atoms with E-state index in [9.17, 15) is 9.90 Å². The molecule has 2 aromatic carbocycles. The maximum atomic E-state index is 11.1. The van der Waals surface area contributed by atoms with E-state index < -0.39 is 5.91 Å². The number of rotatable bonds is 2. The van der Waals surface area contributed by atoms with Crippen molar-refractivity contribution < 1.29 is 9.90 Å². The highest BCUT2D eigenvalue weighted by atomic mass is 16.3. The van der Waals surface area contributed by atoms with Gasteiger partial charge in [-0.1, -0.05) is 24.3 Å². The highest BCUT2D eigenvalue weighted by Gasteiger charge is 2.06. The summed E-state index contributed by atoms with van der Waals surface area (Å²) in [5.74, 6) is -0.476. The number of hydrogen-bond acceptors (Lipinski definition) is 2. The first-order valence-corrected chi connectivity index (χ1v) is 4.64. The van der Waals surface area contributed by atoms with Gasteiger partial charge in [0.05, 0.1) is 6.61 Å². The number of amides is 1.